The van der Waals surface area contributed by atoms with Crippen molar-refractivity contribution in [3.8, 4) is 5.75 Å². The predicted octanol–water partition coefficient (Wildman–Crippen LogP) is 1.78. The molecule has 1 amide bonds. The molecular formula is C14H22N2O3. The van der Waals surface area contributed by atoms with E-state index < -0.39 is 5.60 Å². The molecule has 19 heavy (non-hydrogen) atoms. The molecule has 3 N–H and O–H groups in total. The number of benzene rings is 1. The predicted molar refractivity (Wildman–Crippen MR) is 75.3 cm³/mol. The van der Waals surface area contributed by atoms with Crippen LogP contribution in [0.4, 0.5) is 5.69 Å². The molecule has 0 unspecified atom stereocenters. The van der Waals surface area contributed by atoms with Gasteiger partial charge in [0, 0.05) is 25.4 Å². The molecule has 0 saturated heterocycles. The number of carbonyl (C=O) groups is 1. The maximum absolute atomic E-state index is 11.9. The van der Waals surface area contributed by atoms with E-state index in [0.717, 1.165) is 0 Å². The highest BCUT2D eigenvalue weighted by Crippen LogP contribution is 2.19. The summed E-state index contributed by atoms with van der Waals surface area (Å²) < 4.78 is 10.6. The highest BCUT2D eigenvalue weighted by Gasteiger charge is 2.21. The number of ether oxygens (including phenoxy) is 2. The summed E-state index contributed by atoms with van der Waals surface area (Å²) in [5, 5.41) is 2.82. The van der Waals surface area contributed by atoms with E-state index in [-0.39, 0.29) is 12.3 Å². The van der Waals surface area contributed by atoms with E-state index in [4.69, 9.17) is 15.2 Å². The first-order valence-electron chi connectivity index (χ1n) is 6.25. The fourth-order valence-electron chi connectivity index (χ4n) is 1.50. The van der Waals surface area contributed by atoms with Gasteiger partial charge in [0.1, 0.15) is 12.4 Å². The largest absolute Gasteiger partial charge is 0.492 e. The van der Waals surface area contributed by atoms with Crippen LogP contribution in [-0.2, 0) is 9.53 Å². The average Bonchev–Trinajstić information content (AvgIpc) is 2.36. The van der Waals surface area contributed by atoms with Gasteiger partial charge in [-0.15, -0.1) is 0 Å². The van der Waals surface area contributed by atoms with Crippen LogP contribution in [0.2, 0.25) is 0 Å². The van der Waals surface area contributed by atoms with Crippen molar-refractivity contribution in [2.24, 2.45) is 5.73 Å². The van der Waals surface area contributed by atoms with Crippen molar-refractivity contribution in [1.82, 2.24) is 0 Å². The van der Waals surface area contributed by atoms with Gasteiger partial charge < -0.3 is 20.5 Å². The lowest BCUT2D eigenvalue weighted by molar-refractivity contribution is -0.121. The Morgan fingerprint density at radius 1 is 1.42 bits per heavy atom. The van der Waals surface area contributed by atoms with Crippen LogP contribution in [0.3, 0.4) is 0 Å². The fraction of sp³-hybridized carbons (Fsp3) is 0.500. The minimum Gasteiger partial charge on any atom is -0.492 e. The van der Waals surface area contributed by atoms with E-state index >= 15 is 0 Å². The van der Waals surface area contributed by atoms with Crippen LogP contribution in [0.1, 0.15) is 20.3 Å². The first kappa shape index (κ1) is 15.5. The molecule has 5 nitrogen and oxygen atoms in total. The highest BCUT2D eigenvalue weighted by molar-refractivity contribution is 5.91. The third-order valence-corrected chi connectivity index (χ3v) is 2.64. The molecule has 0 aliphatic carbocycles. The molecule has 0 aromatic heterocycles. The van der Waals surface area contributed by atoms with Gasteiger partial charge in [0.15, 0.2) is 0 Å². The maximum Gasteiger partial charge on any atom is 0.227 e. The van der Waals surface area contributed by atoms with E-state index in [9.17, 15) is 4.79 Å². The van der Waals surface area contributed by atoms with Gasteiger partial charge in [0.2, 0.25) is 5.91 Å². The molecule has 1 rings (SSSR count). The van der Waals surface area contributed by atoms with Crippen molar-refractivity contribution in [1.29, 1.82) is 0 Å². The van der Waals surface area contributed by atoms with Crippen LogP contribution in [0.5, 0.6) is 5.75 Å². The Morgan fingerprint density at radius 2 is 2.16 bits per heavy atom. The number of amides is 1. The lowest BCUT2D eigenvalue weighted by Crippen LogP contribution is -2.29. The summed E-state index contributed by atoms with van der Waals surface area (Å²) >= 11 is 0. The molecule has 1 aromatic rings. The molecule has 0 heterocycles. The molecule has 0 radical (unpaired) electrons. The maximum atomic E-state index is 11.9. The molecule has 0 atom stereocenters. The number of rotatable bonds is 7. The molecule has 0 aliphatic heterocycles. The Kier molecular flexibility index (Phi) is 5.79. The summed E-state index contributed by atoms with van der Waals surface area (Å²) in [6.07, 6.45) is 0.289. The van der Waals surface area contributed by atoms with E-state index in [2.05, 4.69) is 5.32 Å². The number of hydrogen-bond acceptors (Lipinski definition) is 4. The van der Waals surface area contributed by atoms with Crippen LogP contribution in [-0.4, -0.2) is 31.8 Å². The summed E-state index contributed by atoms with van der Waals surface area (Å²) in [5.74, 6) is 0.595. The quantitative estimate of drug-likeness (QED) is 0.789. The summed E-state index contributed by atoms with van der Waals surface area (Å²) in [7, 11) is 1.59. The third kappa shape index (κ3) is 5.72. The molecule has 5 heteroatoms. The van der Waals surface area contributed by atoms with Crippen molar-refractivity contribution in [2.45, 2.75) is 25.9 Å². The minimum absolute atomic E-state index is 0.0946. The van der Waals surface area contributed by atoms with Gasteiger partial charge in [0.25, 0.3) is 0 Å². The average molecular weight is 266 g/mol. The van der Waals surface area contributed by atoms with Crippen LogP contribution < -0.4 is 15.8 Å². The fourth-order valence-corrected chi connectivity index (χ4v) is 1.50. The Bertz CT molecular complexity index is 419. The first-order chi connectivity index (χ1) is 8.96. The monoisotopic (exact) mass is 266 g/mol. The molecule has 0 saturated carbocycles. The van der Waals surface area contributed by atoms with E-state index in [1.54, 1.807) is 13.2 Å². The summed E-state index contributed by atoms with van der Waals surface area (Å²) in [4.78, 5) is 11.9. The first-order valence-corrected chi connectivity index (χ1v) is 6.25. The number of carbonyl (C=O) groups excluding carboxylic acids is 1. The molecule has 0 bridgehead atoms. The van der Waals surface area contributed by atoms with Crippen LogP contribution in [0.15, 0.2) is 24.3 Å². The van der Waals surface area contributed by atoms with Crippen molar-refractivity contribution in [3.05, 3.63) is 24.3 Å². The van der Waals surface area contributed by atoms with Gasteiger partial charge in [0.05, 0.1) is 12.0 Å². The Hall–Kier alpha value is -1.59. The zero-order valence-corrected chi connectivity index (χ0v) is 11.7. The van der Waals surface area contributed by atoms with Gasteiger partial charge in [-0.25, -0.2) is 0 Å². The lowest BCUT2D eigenvalue weighted by atomic mass is 10.0. The number of anilines is 1. The van der Waals surface area contributed by atoms with Crippen LogP contribution in [0, 0.1) is 0 Å². The number of hydrogen-bond donors (Lipinski definition) is 2. The second-order valence-corrected chi connectivity index (χ2v) is 4.85. The van der Waals surface area contributed by atoms with Gasteiger partial charge in [-0.05, 0) is 26.0 Å². The lowest BCUT2D eigenvalue weighted by Gasteiger charge is -2.22. The van der Waals surface area contributed by atoms with E-state index in [0.29, 0.717) is 24.6 Å². The highest BCUT2D eigenvalue weighted by atomic mass is 16.5. The van der Waals surface area contributed by atoms with Gasteiger partial charge in [-0.1, -0.05) is 6.07 Å². The summed E-state index contributed by atoms with van der Waals surface area (Å²) in [6.45, 7) is 4.65. The van der Waals surface area contributed by atoms with Crippen molar-refractivity contribution >= 4 is 11.6 Å². The molecule has 106 valence electrons. The van der Waals surface area contributed by atoms with Gasteiger partial charge >= 0.3 is 0 Å². The molecule has 1 aromatic carbocycles. The zero-order chi connectivity index (χ0) is 14.3. The van der Waals surface area contributed by atoms with Gasteiger partial charge in [-0.2, -0.15) is 0 Å². The van der Waals surface area contributed by atoms with E-state index in [1.807, 2.05) is 32.0 Å². The van der Waals surface area contributed by atoms with Crippen LogP contribution in [0.25, 0.3) is 0 Å². The van der Waals surface area contributed by atoms with Crippen molar-refractivity contribution in [3.63, 3.8) is 0 Å². The molecule has 0 spiro atoms. The molecule has 0 fully saturated rings. The number of nitrogens with one attached hydrogen (secondary N) is 1. The Balaban J connectivity index is 2.59. The van der Waals surface area contributed by atoms with Gasteiger partial charge in [-0.3, -0.25) is 4.79 Å². The van der Waals surface area contributed by atoms with Crippen molar-refractivity contribution in [2.75, 3.05) is 25.6 Å². The number of nitrogens with two attached hydrogens (primary N) is 1. The summed E-state index contributed by atoms with van der Waals surface area (Å²) in [5.41, 5.74) is 5.60. The third-order valence-electron chi connectivity index (χ3n) is 2.64. The topological polar surface area (TPSA) is 73.6 Å². The zero-order valence-electron chi connectivity index (χ0n) is 11.7. The van der Waals surface area contributed by atoms with E-state index in [1.165, 1.54) is 0 Å². The summed E-state index contributed by atoms with van der Waals surface area (Å²) in [6, 6.07) is 7.23. The SMILES string of the molecule is COC(C)(C)CC(=O)Nc1cccc(OCCN)c1. The molecule has 0 aliphatic rings. The van der Waals surface area contributed by atoms with Crippen LogP contribution >= 0.6 is 0 Å². The Morgan fingerprint density at radius 3 is 2.79 bits per heavy atom. The minimum atomic E-state index is -0.474. The second-order valence-electron chi connectivity index (χ2n) is 4.85. The Labute approximate surface area is 114 Å². The standard InChI is InChI=1S/C14H22N2O3/c1-14(2,18-3)10-13(17)16-11-5-4-6-12(9-11)19-8-7-15/h4-6,9H,7-8,10,15H2,1-3H3,(H,16,17). The van der Waals surface area contributed by atoms with Crippen molar-refractivity contribution < 1.29 is 14.3 Å². The second kappa shape index (κ2) is 7.11. The smallest absolute Gasteiger partial charge is 0.227 e. The number of methoxy groups -OCH3 is 1. The normalized spacial score (nSPS) is 11.2. The molecular weight excluding hydrogens is 244 g/mol.